The molecule has 0 fully saturated rings. The van der Waals surface area contributed by atoms with Gasteiger partial charge in [0.05, 0.1) is 6.26 Å². The van der Waals surface area contributed by atoms with E-state index in [9.17, 15) is 0 Å². The number of furan rings is 1. The van der Waals surface area contributed by atoms with Crippen molar-refractivity contribution in [3.8, 4) is 0 Å². The molecule has 0 saturated carbocycles. The van der Waals surface area contributed by atoms with Crippen molar-refractivity contribution in [2.24, 2.45) is 0 Å². The summed E-state index contributed by atoms with van der Waals surface area (Å²) in [6, 6.07) is 15.8. The van der Waals surface area contributed by atoms with Crippen molar-refractivity contribution in [3.05, 3.63) is 60.1 Å². The van der Waals surface area contributed by atoms with E-state index in [1.807, 2.05) is 6.07 Å². The molecule has 1 N–H and O–H groups in total. The van der Waals surface area contributed by atoms with E-state index in [4.69, 9.17) is 4.42 Å². The first-order chi connectivity index (χ1) is 10.3. The van der Waals surface area contributed by atoms with Crippen LogP contribution < -0.4 is 5.32 Å². The normalized spacial score (nSPS) is 14.0. The maximum Gasteiger partial charge on any atom is 0.103 e. The zero-order chi connectivity index (χ0) is 14.9. The van der Waals surface area contributed by atoms with E-state index in [0.717, 1.165) is 18.6 Å². The molecule has 1 aromatic carbocycles. The SMILES string of the molecule is CCCCC(NC(C)CCc1ccco1)c1ccccc1. The summed E-state index contributed by atoms with van der Waals surface area (Å²) < 4.78 is 5.41. The molecule has 2 atom stereocenters. The minimum absolute atomic E-state index is 0.456. The van der Waals surface area contributed by atoms with Crippen LogP contribution in [-0.2, 0) is 6.42 Å². The Labute approximate surface area is 128 Å². The predicted molar refractivity (Wildman–Crippen MR) is 88.3 cm³/mol. The zero-order valence-corrected chi connectivity index (χ0v) is 13.2. The van der Waals surface area contributed by atoms with Gasteiger partial charge in [0.15, 0.2) is 0 Å². The molecule has 1 aromatic heterocycles. The largest absolute Gasteiger partial charge is 0.469 e. The summed E-state index contributed by atoms with van der Waals surface area (Å²) in [4.78, 5) is 0. The van der Waals surface area contributed by atoms with Crippen molar-refractivity contribution in [3.63, 3.8) is 0 Å². The summed E-state index contributed by atoms with van der Waals surface area (Å²) >= 11 is 0. The van der Waals surface area contributed by atoms with Crippen LogP contribution in [0.5, 0.6) is 0 Å². The van der Waals surface area contributed by atoms with Gasteiger partial charge in [-0.05, 0) is 37.5 Å². The number of hydrogen-bond donors (Lipinski definition) is 1. The van der Waals surface area contributed by atoms with Gasteiger partial charge >= 0.3 is 0 Å². The van der Waals surface area contributed by atoms with Crippen LogP contribution in [0.15, 0.2) is 53.1 Å². The second kappa shape index (κ2) is 8.68. The number of unbranched alkanes of at least 4 members (excludes halogenated alkanes) is 1. The highest BCUT2D eigenvalue weighted by atomic mass is 16.3. The van der Waals surface area contributed by atoms with Crippen LogP contribution in [0, 0.1) is 0 Å². The zero-order valence-electron chi connectivity index (χ0n) is 13.2. The third-order valence-electron chi connectivity index (χ3n) is 3.94. The van der Waals surface area contributed by atoms with Crippen molar-refractivity contribution in [1.82, 2.24) is 5.32 Å². The fourth-order valence-electron chi connectivity index (χ4n) is 2.68. The van der Waals surface area contributed by atoms with Crippen LogP contribution >= 0.6 is 0 Å². The molecule has 0 amide bonds. The lowest BCUT2D eigenvalue weighted by Gasteiger charge is -2.23. The summed E-state index contributed by atoms with van der Waals surface area (Å²) in [6.07, 6.45) is 7.55. The molecule has 2 nitrogen and oxygen atoms in total. The molecule has 0 saturated heterocycles. The Hall–Kier alpha value is -1.54. The number of hydrogen-bond acceptors (Lipinski definition) is 2. The van der Waals surface area contributed by atoms with Crippen LogP contribution in [-0.4, -0.2) is 6.04 Å². The molecule has 2 rings (SSSR count). The summed E-state index contributed by atoms with van der Waals surface area (Å²) in [6.45, 7) is 4.52. The molecule has 0 aliphatic rings. The van der Waals surface area contributed by atoms with Gasteiger partial charge in [0.25, 0.3) is 0 Å². The second-order valence-electron chi connectivity index (χ2n) is 5.79. The molecule has 0 aliphatic carbocycles. The standard InChI is InChI=1S/C19H27NO/c1-3-4-12-19(17-9-6-5-7-10-17)20-16(2)13-14-18-11-8-15-21-18/h5-11,15-16,19-20H,3-4,12-14H2,1-2H3. The average molecular weight is 285 g/mol. The van der Waals surface area contributed by atoms with Gasteiger partial charge in [-0.15, -0.1) is 0 Å². The molecule has 1 heterocycles. The van der Waals surface area contributed by atoms with Crippen molar-refractivity contribution in [2.45, 2.75) is 58.0 Å². The van der Waals surface area contributed by atoms with Crippen molar-refractivity contribution in [2.75, 3.05) is 0 Å². The Morgan fingerprint density at radius 2 is 1.86 bits per heavy atom. The van der Waals surface area contributed by atoms with Gasteiger partial charge < -0.3 is 9.73 Å². The molecule has 0 spiro atoms. The molecular weight excluding hydrogens is 258 g/mol. The minimum Gasteiger partial charge on any atom is -0.469 e. The van der Waals surface area contributed by atoms with E-state index < -0.39 is 0 Å². The maximum absolute atomic E-state index is 5.41. The van der Waals surface area contributed by atoms with Gasteiger partial charge in [-0.3, -0.25) is 0 Å². The lowest BCUT2D eigenvalue weighted by atomic mass is 9.99. The fraction of sp³-hybridized carbons (Fsp3) is 0.474. The molecule has 114 valence electrons. The summed E-state index contributed by atoms with van der Waals surface area (Å²) in [5, 5.41) is 3.79. The Kier molecular flexibility index (Phi) is 6.55. The van der Waals surface area contributed by atoms with E-state index in [0.29, 0.717) is 12.1 Å². The molecule has 0 radical (unpaired) electrons. The maximum atomic E-state index is 5.41. The molecule has 2 aromatic rings. The van der Waals surface area contributed by atoms with Crippen molar-refractivity contribution < 1.29 is 4.42 Å². The first-order valence-electron chi connectivity index (χ1n) is 8.13. The summed E-state index contributed by atoms with van der Waals surface area (Å²) in [5.41, 5.74) is 1.40. The minimum atomic E-state index is 0.456. The first-order valence-corrected chi connectivity index (χ1v) is 8.13. The average Bonchev–Trinajstić information content (AvgIpc) is 3.03. The highest BCUT2D eigenvalue weighted by Crippen LogP contribution is 2.20. The van der Waals surface area contributed by atoms with Crippen LogP contribution in [0.1, 0.15) is 56.9 Å². The molecular formula is C19H27NO. The van der Waals surface area contributed by atoms with Crippen molar-refractivity contribution >= 4 is 0 Å². The highest BCUT2D eigenvalue weighted by Gasteiger charge is 2.14. The van der Waals surface area contributed by atoms with Gasteiger partial charge in [0.2, 0.25) is 0 Å². The van der Waals surface area contributed by atoms with E-state index >= 15 is 0 Å². The van der Waals surface area contributed by atoms with Gasteiger partial charge in [0.1, 0.15) is 5.76 Å². The number of rotatable bonds is 9. The summed E-state index contributed by atoms with van der Waals surface area (Å²) in [5.74, 6) is 1.08. The third-order valence-corrected chi connectivity index (χ3v) is 3.94. The predicted octanol–water partition coefficient (Wildman–Crippen LogP) is 5.12. The molecule has 0 aliphatic heterocycles. The number of aryl methyl sites for hydroxylation is 1. The Morgan fingerprint density at radius 1 is 1.05 bits per heavy atom. The van der Waals surface area contributed by atoms with Crippen molar-refractivity contribution in [1.29, 1.82) is 0 Å². The quantitative estimate of drug-likeness (QED) is 0.691. The monoisotopic (exact) mass is 285 g/mol. The Balaban J connectivity index is 1.88. The number of benzene rings is 1. The van der Waals surface area contributed by atoms with Crippen LogP contribution in [0.25, 0.3) is 0 Å². The van der Waals surface area contributed by atoms with Crippen LogP contribution in [0.2, 0.25) is 0 Å². The molecule has 2 heteroatoms. The topological polar surface area (TPSA) is 25.2 Å². The van der Waals surface area contributed by atoms with Gasteiger partial charge in [-0.25, -0.2) is 0 Å². The smallest absolute Gasteiger partial charge is 0.103 e. The second-order valence-corrected chi connectivity index (χ2v) is 5.79. The van der Waals surface area contributed by atoms with E-state index in [2.05, 4.69) is 55.6 Å². The van der Waals surface area contributed by atoms with Gasteiger partial charge in [-0.1, -0.05) is 50.1 Å². The highest BCUT2D eigenvalue weighted by molar-refractivity contribution is 5.19. The molecule has 2 unspecified atom stereocenters. The Bertz CT molecular complexity index is 478. The Morgan fingerprint density at radius 3 is 2.52 bits per heavy atom. The fourth-order valence-corrected chi connectivity index (χ4v) is 2.68. The number of nitrogens with one attached hydrogen (secondary N) is 1. The first kappa shape index (κ1) is 15.8. The lowest BCUT2D eigenvalue weighted by molar-refractivity contribution is 0.396. The van der Waals surface area contributed by atoms with Gasteiger partial charge in [-0.2, -0.15) is 0 Å². The van der Waals surface area contributed by atoms with E-state index in [1.54, 1.807) is 6.26 Å². The third kappa shape index (κ3) is 5.39. The van der Waals surface area contributed by atoms with E-state index in [-0.39, 0.29) is 0 Å². The summed E-state index contributed by atoms with van der Waals surface area (Å²) in [7, 11) is 0. The molecule has 0 bridgehead atoms. The lowest BCUT2D eigenvalue weighted by Crippen LogP contribution is -2.31. The van der Waals surface area contributed by atoms with Gasteiger partial charge in [0, 0.05) is 18.5 Å². The van der Waals surface area contributed by atoms with E-state index in [1.165, 1.54) is 24.8 Å². The van der Waals surface area contributed by atoms with Crippen LogP contribution in [0.4, 0.5) is 0 Å². The molecule has 21 heavy (non-hydrogen) atoms. The van der Waals surface area contributed by atoms with Crippen LogP contribution in [0.3, 0.4) is 0 Å².